The SMILES string of the molecule is CCc1ccc(CCC(=O)c2ccccc2OCCN(CC)CC)cc1.Cl. The van der Waals surface area contributed by atoms with Crippen LogP contribution in [0, 0.1) is 0 Å². The predicted octanol–water partition coefficient (Wildman–Crippen LogP) is 5.21. The topological polar surface area (TPSA) is 29.5 Å². The Hall–Kier alpha value is -1.84. The van der Waals surface area contributed by atoms with E-state index >= 15 is 0 Å². The molecule has 0 aliphatic heterocycles. The Labute approximate surface area is 170 Å². The molecule has 2 aromatic carbocycles. The van der Waals surface area contributed by atoms with Crippen LogP contribution < -0.4 is 4.74 Å². The van der Waals surface area contributed by atoms with Crippen molar-refractivity contribution in [3.63, 3.8) is 0 Å². The Bertz CT molecular complexity index is 681. The second-order valence-corrected chi connectivity index (χ2v) is 6.46. The summed E-state index contributed by atoms with van der Waals surface area (Å²) in [6.45, 7) is 9.94. The van der Waals surface area contributed by atoms with Crippen molar-refractivity contribution in [2.75, 3.05) is 26.2 Å². The fraction of sp³-hybridized carbons (Fsp3) is 0.435. The van der Waals surface area contributed by atoms with Crippen molar-refractivity contribution in [1.82, 2.24) is 4.90 Å². The van der Waals surface area contributed by atoms with Gasteiger partial charge in [0, 0.05) is 13.0 Å². The van der Waals surface area contributed by atoms with E-state index in [2.05, 4.69) is 49.9 Å². The molecule has 0 heterocycles. The van der Waals surface area contributed by atoms with Gasteiger partial charge in [-0.3, -0.25) is 4.79 Å². The number of likely N-dealkylation sites (N-methyl/N-ethyl adjacent to an activating group) is 1. The van der Waals surface area contributed by atoms with Crippen molar-refractivity contribution in [3.8, 4) is 5.75 Å². The highest BCUT2D eigenvalue weighted by Gasteiger charge is 2.12. The third kappa shape index (κ3) is 7.36. The summed E-state index contributed by atoms with van der Waals surface area (Å²) >= 11 is 0. The molecule has 3 nitrogen and oxygen atoms in total. The highest BCUT2D eigenvalue weighted by molar-refractivity contribution is 5.98. The van der Waals surface area contributed by atoms with Crippen LogP contribution in [0.5, 0.6) is 5.75 Å². The monoisotopic (exact) mass is 389 g/mol. The van der Waals surface area contributed by atoms with E-state index in [0.717, 1.165) is 32.5 Å². The lowest BCUT2D eigenvalue weighted by molar-refractivity contribution is 0.0978. The van der Waals surface area contributed by atoms with Crippen LogP contribution in [0.1, 0.15) is 48.7 Å². The molecule has 0 atom stereocenters. The van der Waals surface area contributed by atoms with Crippen molar-refractivity contribution in [1.29, 1.82) is 0 Å². The van der Waals surface area contributed by atoms with E-state index in [9.17, 15) is 4.79 Å². The number of para-hydroxylation sites is 1. The summed E-state index contributed by atoms with van der Waals surface area (Å²) in [5.74, 6) is 0.842. The lowest BCUT2D eigenvalue weighted by Gasteiger charge is -2.18. The second kappa shape index (κ2) is 12.5. The zero-order chi connectivity index (χ0) is 18.8. The Morgan fingerprint density at radius 3 is 2.19 bits per heavy atom. The number of hydrogen-bond acceptors (Lipinski definition) is 3. The number of carbonyl (C=O) groups excluding carboxylic acids is 1. The fourth-order valence-corrected chi connectivity index (χ4v) is 2.98. The largest absolute Gasteiger partial charge is 0.491 e. The number of carbonyl (C=O) groups is 1. The third-order valence-electron chi connectivity index (χ3n) is 4.82. The van der Waals surface area contributed by atoms with Crippen LogP contribution in [0.4, 0.5) is 0 Å². The first-order valence-corrected chi connectivity index (χ1v) is 9.73. The number of benzene rings is 2. The van der Waals surface area contributed by atoms with Crippen molar-refractivity contribution in [2.45, 2.75) is 40.0 Å². The molecule has 2 aromatic rings. The molecule has 4 heteroatoms. The Balaban J connectivity index is 0.00000364. The first-order chi connectivity index (χ1) is 12.7. The number of hydrogen-bond donors (Lipinski definition) is 0. The van der Waals surface area contributed by atoms with Gasteiger partial charge in [-0.05, 0) is 49.2 Å². The molecule has 0 radical (unpaired) electrons. The van der Waals surface area contributed by atoms with Gasteiger partial charge in [0.05, 0.1) is 5.56 Å². The van der Waals surface area contributed by atoms with E-state index in [1.807, 2.05) is 24.3 Å². The van der Waals surface area contributed by atoms with Crippen LogP contribution in [0.15, 0.2) is 48.5 Å². The van der Waals surface area contributed by atoms with Gasteiger partial charge in [0.1, 0.15) is 12.4 Å². The van der Waals surface area contributed by atoms with E-state index in [1.54, 1.807) is 0 Å². The summed E-state index contributed by atoms with van der Waals surface area (Å²) in [6.07, 6.45) is 2.30. The minimum absolute atomic E-state index is 0. The minimum atomic E-state index is 0. The van der Waals surface area contributed by atoms with Gasteiger partial charge >= 0.3 is 0 Å². The summed E-state index contributed by atoms with van der Waals surface area (Å²) < 4.78 is 5.91. The van der Waals surface area contributed by atoms with Crippen LogP contribution in [0.2, 0.25) is 0 Å². The molecule has 0 spiro atoms. The summed E-state index contributed by atoms with van der Waals surface area (Å²) in [7, 11) is 0. The summed E-state index contributed by atoms with van der Waals surface area (Å²) in [5, 5.41) is 0. The molecule has 0 amide bonds. The molecule has 0 aliphatic rings. The zero-order valence-corrected chi connectivity index (χ0v) is 17.6. The molecule has 0 bridgehead atoms. The number of aryl methyl sites for hydroxylation is 2. The maximum atomic E-state index is 12.7. The molecular formula is C23H32ClNO2. The molecule has 0 saturated heterocycles. The van der Waals surface area contributed by atoms with Gasteiger partial charge in [0.2, 0.25) is 0 Å². The number of rotatable bonds is 11. The highest BCUT2D eigenvalue weighted by Crippen LogP contribution is 2.21. The average molecular weight is 390 g/mol. The van der Waals surface area contributed by atoms with Gasteiger partial charge in [-0.2, -0.15) is 0 Å². The molecule has 0 saturated carbocycles. The smallest absolute Gasteiger partial charge is 0.166 e. The Kier molecular flexibility index (Phi) is 10.8. The summed E-state index contributed by atoms with van der Waals surface area (Å²) in [6, 6.07) is 16.1. The van der Waals surface area contributed by atoms with Gasteiger partial charge in [-0.25, -0.2) is 0 Å². The summed E-state index contributed by atoms with van der Waals surface area (Å²) in [5.41, 5.74) is 3.22. The number of halogens is 1. The first kappa shape index (κ1) is 23.2. The number of ketones is 1. The maximum Gasteiger partial charge on any atom is 0.166 e. The average Bonchev–Trinajstić information content (AvgIpc) is 2.70. The molecule has 0 fully saturated rings. The lowest BCUT2D eigenvalue weighted by atomic mass is 10.0. The highest BCUT2D eigenvalue weighted by atomic mass is 35.5. The normalized spacial score (nSPS) is 10.5. The zero-order valence-electron chi connectivity index (χ0n) is 16.7. The second-order valence-electron chi connectivity index (χ2n) is 6.46. The van der Waals surface area contributed by atoms with E-state index in [0.29, 0.717) is 24.3 Å². The number of ether oxygens (including phenoxy) is 1. The molecule has 27 heavy (non-hydrogen) atoms. The fourth-order valence-electron chi connectivity index (χ4n) is 2.98. The molecule has 0 N–H and O–H groups in total. The van der Waals surface area contributed by atoms with E-state index < -0.39 is 0 Å². The molecular weight excluding hydrogens is 358 g/mol. The Morgan fingerprint density at radius 2 is 1.56 bits per heavy atom. The van der Waals surface area contributed by atoms with Crippen LogP contribution in [0.25, 0.3) is 0 Å². The lowest BCUT2D eigenvalue weighted by Crippen LogP contribution is -2.28. The predicted molar refractivity (Wildman–Crippen MR) is 115 cm³/mol. The molecule has 0 aliphatic carbocycles. The maximum absolute atomic E-state index is 12.7. The first-order valence-electron chi connectivity index (χ1n) is 9.73. The van der Waals surface area contributed by atoms with Crippen LogP contribution in [0.3, 0.4) is 0 Å². The standard InChI is InChI=1S/C23H31NO2.ClH/c1-4-19-11-13-20(14-12-19)15-16-22(25)21-9-7-8-10-23(21)26-18-17-24(5-2)6-3;/h7-14H,4-6,15-18H2,1-3H3;1H. The molecule has 0 aromatic heterocycles. The van der Waals surface area contributed by atoms with E-state index in [-0.39, 0.29) is 18.2 Å². The minimum Gasteiger partial charge on any atom is -0.491 e. The van der Waals surface area contributed by atoms with E-state index in [4.69, 9.17) is 4.74 Å². The Morgan fingerprint density at radius 1 is 0.926 bits per heavy atom. The van der Waals surface area contributed by atoms with Crippen LogP contribution in [-0.2, 0) is 12.8 Å². The molecule has 148 valence electrons. The van der Waals surface area contributed by atoms with Gasteiger partial charge < -0.3 is 9.64 Å². The van der Waals surface area contributed by atoms with Gasteiger partial charge in [0.25, 0.3) is 0 Å². The summed E-state index contributed by atoms with van der Waals surface area (Å²) in [4.78, 5) is 15.0. The van der Waals surface area contributed by atoms with Crippen LogP contribution >= 0.6 is 12.4 Å². The van der Waals surface area contributed by atoms with Gasteiger partial charge in [0.15, 0.2) is 5.78 Å². The van der Waals surface area contributed by atoms with Crippen molar-refractivity contribution in [3.05, 3.63) is 65.2 Å². The van der Waals surface area contributed by atoms with Crippen molar-refractivity contribution >= 4 is 18.2 Å². The number of nitrogens with zero attached hydrogens (tertiary/aromatic N) is 1. The quantitative estimate of drug-likeness (QED) is 0.494. The van der Waals surface area contributed by atoms with Crippen molar-refractivity contribution in [2.24, 2.45) is 0 Å². The van der Waals surface area contributed by atoms with Crippen molar-refractivity contribution < 1.29 is 9.53 Å². The van der Waals surface area contributed by atoms with Gasteiger partial charge in [-0.1, -0.05) is 57.2 Å². The number of Topliss-reactive ketones (excluding diaryl/α,β-unsaturated/α-hetero) is 1. The third-order valence-corrected chi connectivity index (χ3v) is 4.82. The molecule has 0 unspecified atom stereocenters. The molecule has 2 rings (SSSR count). The van der Waals surface area contributed by atoms with E-state index in [1.165, 1.54) is 11.1 Å². The van der Waals surface area contributed by atoms with Crippen LogP contribution in [-0.4, -0.2) is 36.9 Å². The van der Waals surface area contributed by atoms with Gasteiger partial charge in [-0.15, -0.1) is 12.4 Å².